The first-order chi connectivity index (χ1) is 9.60. The first-order valence-electron chi connectivity index (χ1n) is 7.14. The minimum atomic E-state index is 0.153. The molecule has 1 aliphatic rings. The minimum Gasteiger partial charge on any atom is -0.380 e. The number of nitrogens with zero attached hydrogens (tertiary/aromatic N) is 1. The topological polar surface area (TPSA) is 29.5 Å². The van der Waals surface area contributed by atoms with Crippen LogP contribution in [0.3, 0.4) is 0 Å². The van der Waals surface area contributed by atoms with E-state index in [2.05, 4.69) is 11.8 Å². The maximum atomic E-state index is 12.1. The van der Waals surface area contributed by atoms with Gasteiger partial charge in [-0.2, -0.15) is 0 Å². The summed E-state index contributed by atoms with van der Waals surface area (Å²) in [6, 6.07) is 7.16. The van der Waals surface area contributed by atoms with Gasteiger partial charge < -0.3 is 9.64 Å². The van der Waals surface area contributed by atoms with Crippen molar-refractivity contribution in [3.05, 3.63) is 34.9 Å². The van der Waals surface area contributed by atoms with Crippen molar-refractivity contribution in [2.45, 2.75) is 25.9 Å². The second-order valence-corrected chi connectivity index (χ2v) is 5.96. The molecule has 0 radical (unpaired) electrons. The van der Waals surface area contributed by atoms with E-state index in [-0.39, 0.29) is 11.9 Å². The van der Waals surface area contributed by atoms with Crippen LogP contribution in [0.1, 0.15) is 30.1 Å². The van der Waals surface area contributed by atoms with Crippen LogP contribution in [0.4, 0.5) is 0 Å². The van der Waals surface area contributed by atoms with Crippen LogP contribution in [0.5, 0.6) is 0 Å². The number of likely N-dealkylation sites (tertiary alicyclic amines) is 1. The highest BCUT2D eigenvalue weighted by atomic mass is 35.5. The Morgan fingerprint density at radius 3 is 3.00 bits per heavy atom. The van der Waals surface area contributed by atoms with Crippen LogP contribution in [0.25, 0.3) is 0 Å². The van der Waals surface area contributed by atoms with Crippen molar-refractivity contribution in [1.29, 1.82) is 0 Å². The summed E-state index contributed by atoms with van der Waals surface area (Å²) < 4.78 is 5.50. The van der Waals surface area contributed by atoms with Crippen molar-refractivity contribution in [3.63, 3.8) is 0 Å². The Bertz CT molecular complexity index is 464. The first-order valence-corrected chi connectivity index (χ1v) is 7.52. The minimum absolute atomic E-state index is 0.153. The molecule has 1 heterocycles. The average molecular weight is 296 g/mol. The molecule has 3 nitrogen and oxygen atoms in total. The van der Waals surface area contributed by atoms with E-state index in [4.69, 9.17) is 16.3 Å². The summed E-state index contributed by atoms with van der Waals surface area (Å²) in [6.07, 6.45) is 1.94. The molecule has 1 aromatic carbocycles. The third kappa shape index (κ3) is 4.05. The van der Waals surface area contributed by atoms with E-state index in [1.165, 1.54) is 0 Å². The molecule has 1 fully saturated rings. The van der Waals surface area contributed by atoms with Gasteiger partial charge >= 0.3 is 0 Å². The summed E-state index contributed by atoms with van der Waals surface area (Å²) in [5.74, 6) is 0.750. The largest absolute Gasteiger partial charge is 0.380 e. The van der Waals surface area contributed by atoms with E-state index in [9.17, 15) is 4.79 Å². The molecule has 0 aliphatic carbocycles. The van der Waals surface area contributed by atoms with Gasteiger partial charge in [-0.15, -0.1) is 0 Å². The molecule has 0 saturated carbocycles. The summed E-state index contributed by atoms with van der Waals surface area (Å²) in [6.45, 7) is 4.98. The Morgan fingerprint density at radius 1 is 1.50 bits per heavy atom. The first kappa shape index (κ1) is 15.5. The quantitative estimate of drug-likeness (QED) is 0.781. The maximum absolute atomic E-state index is 12.1. The molecule has 4 heteroatoms. The van der Waals surface area contributed by atoms with Crippen LogP contribution in [0.2, 0.25) is 5.02 Å². The fourth-order valence-corrected chi connectivity index (χ4v) is 2.86. The molecule has 110 valence electrons. The number of hydrogen-bond donors (Lipinski definition) is 0. The third-order valence-corrected chi connectivity index (χ3v) is 4.31. The molecule has 1 saturated heterocycles. The van der Waals surface area contributed by atoms with Gasteiger partial charge in [0, 0.05) is 37.2 Å². The zero-order chi connectivity index (χ0) is 14.5. The van der Waals surface area contributed by atoms with Crippen molar-refractivity contribution in [2.24, 2.45) is 5.92 Å². The highest BCUT2D eigenvalue weighted by Crippen LogP contribution is 2.20. The van der Waals surface area contributed by atoms with Crippen molar-refractivity contribution >= 4 is 17.4 Å². The van der Waals surface area contributed by atoms with Crippen LogP contribution in [0.15, 0.2) is 24.3 Å². The lowest BCUT2D eigenvalue weighted by Gasteiger charge is -2.36. The Balaban J connectivity index is 1.84. The van der Waals surface area contributed by atoms with E-state index in [0.29, 0.717) is 22.9 Å². The number of benzene rings is 1. The van der Waals surface area contributed by atoms with Gasteiger partial charge in [-0.05, 0) is 31.0 Å². The van der Waals surface area contributed by atoms with Crippen molar-refractivity contribution < 1.29 is 9.53 Å². The van der Waals surface area contributed by atoms with Gasteiger partial charge in [-0.1, -0.05) is 30.7 Å². The number of rotatable bonds is 5. The van der Waals surface area contributed by atoms with E-state index in [1.807, 2.05) is 12.1 Å². The number of methoxy groups -OCH3 is 1. The molecule has 2 unspecified atom stereocenters. The normalized spacial score (nSPS) is 23.8. The molecule has 0 N–H and O–H groups in total. The number of ketones is 1. The molecule has 2 rings (SSSR count). The molecule has 0 bridgehead atoms. The monoisotopic (exact) mass is 295 g/mol. The van der Waals surface area contributed by atoms with Crippen molar-refractivity contribution in [2.75, 3.05) is 26.7 Å². The second-order valence-electron chi connectivity index (χ2n) is 5.52. The van der Waals surface area contributed by atoms with E-state index >= 15 is 0 Å². The fraction of sp³-hybridized carbons (Fsp3) is 0.562. The van der Waals surface area contributed by atoms with Crippen LogP contribution < -0.4 is 0 Å². The van der Waals surface area contributed by atoms with Gasteiger partial charge in [0.15, 0.2) is 5.78 Å². The maximum Gasteiger partial charge on any atom is 0.164 e. The van der Waals surface area contributed by atoms with Gasteiger partial charge in [0.25, 0.3) is 0 Å². The molecule has 1 aromatic rings. The van der Waals surface area contributed by atoms with Gasteiger partial charge in [0.2, 0.25) is 0 Å². The van der Waals surface area contributed by atoms with Gasteiger partial charge in [0.05, 0.1) is 6.10 Å². The van der Waals surface area contributed by atoms with Crippen LogP contribution in [-0.4, -0.2) is 43.5 Å². The molecular weight excluding hydrogens is 274 g/mol. The lowest BCUT2D eigenvalue weighted by molar-refractivity contribution is -0.00479. The number of ether oxygens (including phenoxy) is 1. The summed E-state index contributed by atoms with van der Waals surface area (Å²) in [7, 11) is 1.77. The predicted molar refractivity (Wildman–Crippen MR) is 81.4 cm³/mol. The third-order valence-electron chi connectivity index (χ3n) is 4.08. The Kier molecular flexibility index (Phi) is 5.58. The predicted octanol–water partition coefficient (Wildman–Crippen LogP) is 3.27. The number of hydrogen-bond acceptors (Lipinski definition) is 3. The Morgan fingerprint density at radius 2 is 2.30 bits per heavy atom. The average Bonchev–Trinajstić information content (AvgIpc) is 2.46. The molecule has 0 amide bonds. The summed E-state index contributed by atoms with van der Waals surface area (Å²) in [5.41, 5.74) is 0.700. The molecule has 20 heavy (non-hydrogen) atoms. The zero-order valence-corrected chi connectivity index (χ0v) is 12.9. The van der Waals surface area contributed by atoms with E-state index < -0.39 is 0 Å². The van der Waals surface area contributed by atoms with Crippen molar-refractivity contribution in [3.8, 4) is 0 Å². The molecule has 2 atom stereocenters. The molecule has 1 aliphatic heterocycles. The Hall–Kier alpha value is -0.900. The lowest BCUT2D eigenvalue weighted by Crippen LogP contribution is -2.44. The lowest BCUT2D eigenvalue weighted by atomic mass is 9.95. The number of halogens is 1. The van der Waals surface area contributed by atoms with Gasteiger partial charge in [-0.25, -0.2) is 0 Å². The highest BCUT2D eigenvalue weighted by molar-refractivity contribution is 6.31. The Labute approximate surface area is 125 Å². The summed E-state index contributed by atoms with van der Waals surface area (Å²) in [5, 5.41) is 0.613. The number of carbonyl (C=O) groups excluding carboxylic acids is 1. The van der Waals surface area contributed by atoms with Gasteiger partial charge in [-0.3, -0.25) is 4.79 Å². The van der Waals surface area contributed by atoms with Gasteiger partial charge in [0.1, 0.15) is 0 Å². The van der Waals surface area contributed by atoms with E-state index in [1.54, 1.807) is 19.2 Å². The zero-order valence-electron chi connectivity index (χ0n) is 12.1. The fourth-order valence-electron chi connectivity index (χ4n) is 2.67. The van der Waals surface area contributed by atoms with Crippen LogP contribution in [-0.2, 0) is 4.74 Å². The smallest absolute Gasteiger partial charge is 0.164 e. The number of piperidine rings is 1. The molecular formula is C16H22ClNO2. The van der Waals surface area contributed by atoms with Crippen LogP contribution >= 0.6 is 11.6 Å². The number of carbonyl (C=O) groups is 1. The summed E-state index contributed by atoms with van der Waals surface area (Å²) >= 11 is 5.91. The standard InChI is InChI=1S/C16H22ClNO2/c1-12-6-8-18(11-16(12)20-2)9-7-15(19)13-4-3-5-14(17)10-13/h3-5,10,12,16H,6-9,11H2,1-2H3. The van der Waals surface area contributed by atoms with Crippen LogP contribution in [0, 0.1) is 5.92 Å². The highest BCUT2D eigenvalue weighted by Gasteiger charge is 2.26. The second kappa shape index (κ2) is 7.21. The summed E-state index contributed by atoms with van der Waals surface area (Å²) in [4.78, 5) is 14.5. The SMILES string of the molecule is COC1CN(CCC(=O)c2cccc(Cl)c2)CCC1C. The van der Waals surface area contributed by atoms with Crippen molar-refractivity contribution in [1.82, 2.24) is 4.90 Å². The van der Waals surface area contributed by atoms with E-state index in [0.717, 1.165) is 26.1 Å². The molecule has 0 aromatic heterocycles. The molecule has 0 spiro atoms. The number of Topliss-reactive ketones (excluding diaryl/α,β-unsaturated/α-hetero) is 1.